The molecule has 0 saturated carbocycles. The number of aromatic nitrogens is 1. The number of rotatable bonds is 7. The van der Waals surface area contributed by atoms with Gasteiger partial charge in [0.1, 0.15) is 10.7 Å². The van der Waals surface area contributed by atoms with Crippen molar-refractivity contribution in [3.8, 4) is 0 Å². The number of nitrogens with zero attached hydrogens (tertiary/aromatic N) is 1. The van der Waals surface area contributed by atoms with Gasteiger partial charge in [-0.15, -0.1) is 11.3 Å². The molecule has 0 aliphatic rings. The van der Waals surface area contributed by atoms with E-state index in [1.807, 2.05) is 24.3 Å². The van der Waals surface area contributed by atoms with Crippen LogP contribution in [0.15, 0.2) is 29.6 Å². The third-order valence-electron chi connectivity index (χ3n) is 3.05. The fraction of sp³-hybridized carbons (Fsp3) is 0.333. The van der Waals surface area contributed by atoms with Gasteiger partial charge in [0.2, 0.25) is 0 Å². The summed E-state index contributed by atoms with van der Waals surface area (Å²) in [6, 6.07) is 7.96. The molecule has 1 heterocycles. The predicted octanol–water partition coefficient (Wildman–Crippen LogP) is 3.43. The van der Waals surface area contributed by atoms with E-state index in [0.29, 0.717) is 12.2 Å². The van der Waals surface area contributed by atoms with E-state index < -0.39 is 0 Å². The number of nitrogens with two attached hydrogens (primary N) is 1. The minimum atomic E-state index is -0.154. The van der Waals surface area contributed by atoms with Gasteiger partial charge < -0.3 is 11.1 Å². The number of thiazole rings is 1. The van der Waals surface area contributed by atoms with Crippen molar-refractivity contribution >= 4 is 51.6 Å². The summed E-state index contributed by atoms with van der Waals surface area (Å²) in [6.45, 7) is 0.501. The molecule has 1 amide bonds. The number of halogens is 1. The SMILES string of the molecule is CSCCC(N)c1nc(C(=O)NCc2cccc(I)c2)cs1. The molecule has 3 N–H and O–H groups in total. The highest BCUT2D eigenvalue weighted by atomic mass is 127. The number of carbonyl (C=O) groups is 1. The van der Waals surface area contributed by atoms with Gasteiger partial charge in [-0.25, -0.2) is 4.98 Å². The van der Waals surface area contributed by atoms with Crippen LogP contribution in [0.5, 0.6) is 0 Å². The van der Waals surface area contributed by atoms with E-state index in [2.05, 4.69) is 39.1 Å². The molecule has 0 spiro atoms. The fourth-order valence-electron chi connectivity index (χ4n) is 1.85. The summed E-state index contributed by atoms with van der Waals surface area (Å²) < 4.78 is 1.15. The molecule has 1 aromatic heterocycles. The van der Waals surface area contributed by atoms with Crippen LogP contribution < -0.4 is 11.1 Å². The lowest BCUT2D eigenvalue weighted by atomic mass is 10.2. The van der Waals surface area contributed by atoms with Gasteiger partial charge in [-0.05, 0) is 58.7 Å². The van der Waals surface area contributed by atoms with Gasteiger partial charge in [0, 0.05) is 15.5 Å². The first-order valence-electron chi connectivity index (χ1n) is 6.82. The maximum atomic E-state index is 12.1. The number of benzene rings is 1. The first kappa shape index (κ1) is 17.7. The van der Waals surface area contributed by atoms with Crippen molar-refractivity contribution in [1.82, 2.24) is 10.3 Å². The van der Waals surface area contributed by atoms with E-state index in [0.717, 1.165) is 26.3 Å². The molecular formula is C15H18IN3OS2. The Morgan fingerprint density at radius 1 is 1.55 bits per heavy atom. The zero-order valence-corrected chi connectivity index (χ0v) is 16.0. The van der Waals surface area contributed by atoms with Gasteiger partial charge in [-0.3, -0.25) is 4.79 Å². The summed E-state index contributed by atoms with van der Waals surface area (Å²) in [7, 11) is 0. The maximum absolute atomic E-state index is 12.1. The van der Waals surface area contributed by atoms with Crippen molar-refractivity contribution < 1.29 is 4.79 Å². The van der Waals surface area contributed by atoms with Crippen LogP contribution in [-0.2, 0) is 6.54 Å². The molecule has 0 aliphatic heterocycles. The molecule has 0 fully saturated rings. The minimum absolute atomic E-state index is 0.0882. The highest BCUT2D eigenvalue weighted by Gasteiger charge is 2.14. The zero-order valence-electron chi connectivity index (χ0n) is 12.2. The standard InChI is InChI=1S/C15H18IN3OS2/c1-21-6-5-12(17)15-19-13(9-22-15)14(20)18-8-10-3-2-4-11(16)7-10/h2-4,7,9,12H,5-6,8,17H2,1H3,(H,18,20). The predicted molar refractivity (Wildman–Crippen MR) is 102 cm³/mol. The lowest BCUT2D eigenvalue weighted by Gasteiger charge is -2.06. The average Bonchev–Trinajstić information content (AvgIpc) is 3.00. The van der Waals surface area contributed by atoms with Gasteiger partial charge in [0.15, 0.2) is 0 Å². The molecule has 118 valence electrons. The number of nitrogens with one attached hydrogen (secondary N) is 1. The number of hydrogen-bond donors (Lipinski definition) is 2. The topological polar surface area (TPSA) is 68.0 Å². The smallest absolute Gasteiger partial charge is 0.271 e. The summed E-state index contributed by atoms with van der Waals surface area (Å²) >= 11 is 5.47. The van der Waals surface area contributed by atoms with Crippen LogP contribution in [0.2, 0.25) is 0 Å². The Labute approximate surface area is 152 Å². The van der Waals surface area contributed by atoms with Crippen molar-refractivity contribution in [1.29, 1.82) is 0 Å². The van der Waals surface area contributed by atoms with Gasteiger partial charge in [-0.2, -0.15) is 11.8 Å². The molecule has 0 bridgehead atoms. The number of amides is 1. The Balaban J connectivity index is 1.91. The quantitative estimate of drug-likeness (QED) is 0.639. The van der Waals surface area contributed by atoms with Crippen molar-refractivity contribution in [2.24, 2.45) is 5.73 Å². The Kier molecular flexibility index (Phi) is 7.13. The molecule has 1 atom stereocenters. The average molecular weight is 447 g/mol. The third kappa shape index (κ3) is 5.22. The number of carbonyl (C=O) groups excluding carboxylic acids is 1. The van der Waals surface area contributed by atoms with Crippen molar-refractivity contribution in [2.45, 2.75) is 19.0 Å². The second-order valence-electron chi connectivity index (χ2n) is 4.77. The lowest BCUT2D eigenvalue weighted by molar-refractivity contribution is 0.0946. The fourth-order valence-corrected chi connectivity index (χ4v) is 3.78. The van der Waals surface area contributed by atoms with Crippen molar-refractivity contribution in [3.63, 3.8) is 0 Å². The van der Waals surface area contributed by atoms with E-state index in [1.165, 1.54) is 11.3 Å². The van der Waals surface area contributed by atoms with Crippen LogP contribution in [0.4, 0.5) is 0 Å². The molecule has 0 saturated heterocycles. The molecular weight excluding hydrogens is 429 g/mol. The Morgan fingerprint density at radius 2 is 2.36 bits per heavy atom. The second-order valence-corrected chi connectivity index (χ2v) is 7.89. The van der Waals surface area contributed by atoms with Crippen LogP contribution in [0, 0.1) is 3.57 Å². The number of hydrogen-bond acceptors (Lipinski definition) is 5. The van der Waals surface area contributed by atoms with Crippen LogP contribution in [0.25, 0.3) is 0 Å². The molecule has 1 aromatic carbocycles. The number of thioether (sulfide) groups is 1. The summed E-state index contributed by atoms with van der Waals surface area (Å²) in [5.41, 5.74) is 7.60. The van der Waals surface area contributed by atoms with Gasteiger partial charge in [0.25, 0.3) is 5.91 Å². The molecule has 2 aromatic rings. The second kappa shape index (κ2) is 8.85. The highest BCUT2D eigenvalue weighted by molar-refractivity contribution is 14.1. The van der Waals surface area contributed by atoms with Gasteiger partial charge >= 0.3 is 0 Å². The Bertz CT molecular complexity index is 633. The van der Waals surface area contributed by atoms with E-state index in [4.69, 9.17) is 5.73 Å². The van der Waals surface area contributed by atoms with E-state index in [1.54, 1.807) is 17.1 Å². The first-order valence-corrected chi connectivity index (χ1v) is 10.2. The molecule has 0 radical (unpaired) electrons. The Hall–Kier alpha value is -0.640. The van der Waals surface area contributed by atoms with E-state index in [-0.39, 0.29) is 11.9 Å². The molecule has 22 heavy (non-hydrogen) atoms. The Morgan fingerprint density at radius 3 is 3.09 bits per heavy atom. The van der Waals surface area contributed by atoms with Gasteiger partial charge in [0.05, 0.1) is 6.04 Å². The largest absolute Gasteiger partial charge is 0.347 e. The summed E-state index contributed by atoms with van der Waals surface area (Å²) in [5, 5.41) is 5.50. The summed E-state index contributed by atoms with van der Waals surface area (Å²) in [6.07, 6.45) is 2.93. The maximum Gasteiger partial charge on any atom is 0.271 e. The molecule has 1 unspecified atom stereocenters. The zero-order chi connectivity index (χ0) is 15.9. The van der Waals surface area contributed by atoms with Gasteiger partial charge in [-0.1, -0.05) is 12.1 Å². The van der Waals surface area contributed by atoms with Crippen LogP contribution in [0.3, 0.4) is 0 Å². The van der Waals surface area contributed by atoms with E-state index in [9.17, 15) is 4.79 Å². The minimum Gasteiger partial charge on any atom is -0.347 e. The lowest BCUT2D eigenvalue weighted by Crippen LogP contribution is -2.23. The summed E-state index contributed by atoms with van der Waals surface area (Å²) in [4.78, 5) is 16.5. The van der Waals surface area contributed by atoms with Crippen molar-refractivity contribution in [3.05, 3.63) is 49.5 Å². The summed E-state index contributed by atoms with van der Waals surface area (Å²) in [5.74, 6) is 0.841. The molecule has 2 rings (SSSR count). The van der Waals surface area contributed by atoms with E-state index >= 15 is 0 Å². The molecule has 4 nitrogen and oxygen atoms in total. The van der Waals surface area contributed by atoms with Crippen LogP contribution in [0.1, 0.15) is 33.5 Å². The normalized spacial score (nSPS) is 12.1. The third-order valence-corrected chi connectivity index (χ3v) is 5.34. The first-order chi connectivity index (χ1) is 10.6. The van der Waals surface area contributed by atoms with Crippen molar-refractivity contribution in [2.75, 3.05) is 12.0 Å². The van der Waals surface area contributed by atoms with Crippen LogP contribution >= 0.6 is 45.7 Å². The highest BCUT2D eigenvalue weighted by Crippen LogP contribution is 2.20. The monoisotopic (exact) mass is 447 g/mol. The van der Waals surface area contributed by atoms with Crippen LogP contribution in [-0.4, -0.2) is 22.9 Å². The molecule has 7 heteroatoms. The molecule has 0 aliphatic carbocycles.